The Balaban J connectivity index is 1.99. The van der Waals surface area contributed by atoms with Crippen molar-refractivity contribution in [3.63, 3.8) is 0 Å². The van der Waals surface area contributed by atoms with E-state index in [1.807, 2.05) is 4.90 Å². The van der Waals surface area contributed by atoms with Gasteiger partial charge in [0, 0.05) is 13.1 Å². The molecule has 1 heterocycles. The molecule has 0 aromatic rings. The van der Waals surface area contributed by atoms with Gasteiger partial charge in [0.25, 0.3) is 0 Å². The van der Waals surface area contributed by atoms with Crippen LogP contribution in [-0.4, -0.2) is 35.0 Å². The van der Waals surface area contributed by atoms with Crippen molar-refractivity contribution in [2.24, 2.45) is 17.8 Å². The molecule has 0 bridgehead atoms. The van der Waals surface area contributed by atoms with E-state index < -0.39 is 11.9 Å². The van der Waals surface area contributed by atoms with E-state index in [1.165, 1.54) is 12.8 Å². The molecule has 0 aromatic carbocycles. The number of nitrogens with zero attached hydrogens (tertiary/aromatic N) is 1. The standard InChI is InChI=1S/C16H27NO3/c1-2-12-6-5-10-17(11-9-12)15(18)13-7-3-4-8-14(13)16(19)20/h12-14H,2-11H2,1H3,(H,19,20). The predicted octanol–water partition coefficient (Wildman–Crippen LogP) is 2.92. The topological polar surface area (TPSA) is 57.6 Å². The fourth-order valence-corrected chi connectivity index (χ4v) is 3.75. The lowest BCUT2D eigenvalue weighted by molar-refractivity contribution is -0.152. The Kier molecular flexibility index (Phi) is 5.44. The molecule has 20 heavy (non-hydrogen) atoms. The van der Waals surface area contributed by atoms with Crippen LogP contribution >= 0.6 is 0 Å². The number of hydrogen-bond donors (Lipinski definition) is 1. The van der Waals surface area contributed by atoms with Crippen molar-refractivity contribution in [2.45, 2.75) is 58.3 Å². The molecule has 1 aliphatic carbocycles. The third-order valence-corrected chi connectivity index (χ3v) is 5.14. The van der Waals surface area contributed by atoms with Gasteiger partial charge in [0.15, 0.2) is 0 Å². The van der Waals surface area contributed by atoms with Crippen LogP contribution in [0.25, 0.3) is 0 Å². The molecule has 1 aliphatic heterocycles. The number of carbonyl (C=O) groups is 2. The van der Waals surface area contributed by atoms with Gasteiger partial charge in [-0.25, -0.2) is 0 Å². The smallest absolute Gasteiger partial charge is 0.307 e. The monoisotopic (exact) mass is 281 g/mol. The van der Waals surface area contributed by atoms with Gasteiger partial charge in [-0.2, -0.15) is 0 Å². The molecule has 2 aliphatic rings. The summed E-state index contributed by atoms with van der Waals surface area (Å²) in [6, 6.07) is 0. The van der Waals surface area contributed by atoms with E-state index >= 15 is 0 Å². The molecule has 3 unspecified atom stereocenters. The molecule has 0 spiro atoms. The molecule has 3 atom stereocenters. The minimum Gasteiger partial charge on any atom is -0.481 e. The van der Waals surface area contributed by atoms with E-state index in [0.717, 1.165) is 51.1 Å². The van der Waals surface area contributed by atoms with Gasteiger partial charge in [0.2, 0.25) is 5.91 Å². The average Bonchev–Trinajstić information content (AvgIpc) is 2.71. The molecular weight excluding hydrogens is 254 g/mol. The van der Waals surface area contributed by atoms with Gasteiger partial charge in [0.1, 0.15) is 0 Å². The number of carboxylic acids is 1. The number of carboxylic acid groups (broad SMARTS) is 1. The van der Waals surface area contributed by atoms with Gasteiger partial charge in [-0.1, -0.05) is 26.2 Å². The zero-order chi connectivity index (χ0) is 14.5. The summed E-state index contributed by atoms with van der Waals surface area (Å²) in [5, 5.41) is 9.32. The highest BCUT2D eigenvalue weighted by atomic mass is 16.4. The van der Waals surface area contributed by atoms with Crippen molar-refractivity contribution in [2.75, 3.05) is 13.1 Å². The SMILES string of the molecule is CCC1CCCN(C(=O)C2CCCCC2C(=O)O)CC1. The number of carbonyl (C=O) groups excluding carboxylic acids is 1. The first-order chi connectivity index (χ1) is 9.63. The minimum atomic E-state index is -0.788. The highest BCUT2D eigenvalue weighted by Gasteiger charge is 2.38. The van der Waals surface area contributed by atoms with Crippen LogP contribution in [0.4, 0.5) is 0 Å². The van der Waals surface area contributed by atoms with Crippen molar-refractivity contribution in [1.29, 1.82) is 0 Å². The van der Waals surface area contributed by atoms with E-state index in [4.69, 9.17) is 0 Å². The lowest BCUT2D eigenvalue weighted by Gasteiger charge is -2.32. The molecule has 4 nitrogen and oxygen atoms in total. The van der Waals surface area contributed by atoms with Crippen LogP contribution < -0.4 is 0 Å². The fourth-order valence-electron chi connectivity index (χ4n) is 3.75. The molecule has 1 N–H and O–H groups in total. The van der Waals surface area contributed by atoms with Crippen LogP contribution in [0.15, 0.2) is 0 Å². The summed E-state index contributed by atoms with van der Waals surface area (Å²) in [6.45, 7) is 3.85. The lowest BCUT2D eigenvalue weighted by Crippen LogP contribution is -2.43. The van der Waals surface area contributed by atoms with Gasteiger partial charge < -0.3 is 10.0 Å². The first-order valence-electron chi connectivity index (χ1n) is 8.15. The number of amides is 1. The Morgan fingerprint density at radius 1 is 1.00 bits per heavy atom. The normalized spacial score (nSPS) is 31.6. The maximum Gasteiger partial charge on any atom is 0.307 e. The first-order valence-corrected chi connectivity index (χ1v) is 8.15. The maximum atomic E-state index is 12.7. The molecule has 4 heteroatoms. The van der Waals surface area contributed by atoms with Crippen LogP contribution in [0.3, 0.4) is 0 Å². The zero-order valence-corrected chi connectivity index (χ0v) is 12.5. The highest BCUT2D eigenvalue weighted by molar-refractivity contribution is 5.85. The summed E-state index contributed by atoms with van der Waals surface area (Å²) in [7, 11) is 0. The number of rotatable bonds is 3. The van der Waals surface area contributed by atoms with E-state index in [-0.39, 0.29) is 11.8 Å². The molecule has 0 radical (unpaired) electrons. The molecular formula is C16H27NO3. The Morgan fingerprint density at radius 2 is 1.70 bits per heavy atom. The summed E-state index contributed by atoms with van der Waals surface area (Å²) in [4.78, 5) is 26.0. The Morgan fingerprint density at radius 3 is 2.35 bits per heavy atom. The highest BCUT2D eigenvalue weighted by Crippen LogP contribution is 2.32. The van der Waals surface area contributed by atoms with E-state index in [2.05, 4.69) is 6.92 Å². The van der Waals surface area contributed by atoms with Crippen LogP contribution in [0.2, 0.25) is 0 Å². The third-order valence-electron chi connectivity index (χ3n) is 5.14. The van der Waals surface area contributed by atoms with Gasteiger partial charge in [-0.15, -0.1) is 0 Å². The van der Waals surface area contributed by atoms with Crippen molar-refractivity contribution < 1.29 is 14.7 Å². The minimum absolute atomic E-state index is 0.105. The molecule has 1 saturated heterocycles. The van der Waals surface area contributed by atoms with Gasteiger partial charge in [-0.3, -0.25) is 9.59 Å². The van der Waals surface area contributed by atoms with Crippen LogP contribution in [0, 0.1) is 17.8 Å². The molecule has 2 fully saturated rings. The summed E-state index contributed by atoms with van der Waals surface area (Å²) in [5.41, 5.74) is 0. The average molecular weight is 281 g/mol. The second-order valence-electron chi connectivity index (χ2n) is 6.37. The van der Waals surface area contributed by atoms with E-state index in [1.54, 1.807) is 0 Å². The van der Waals surface area contributed by atoms with Crippen LogP contribution in [0.1, 0.15) is 58.3 Å². The fraction of sp³-hybridized carbons (Fsp3) is 0.875. The Hall–Kier alpha value is -1.06. The summed E-state index contributed by atoms with van der Waals surface area (Å²) >= 11 is 0. The quantitative estimate of drug-likeness (QED) is 0.865. The van der Waals surface area contributed by atoms with Crippen molar-refractivity contribution >= 4 is 11.9 Å². The third kappa shape index (κ3) is 3.53. The predicted molar refractivity (Wildman–Crippen MR) is 77.3 cm³/mol. The van der Waals surface area contributed by atoms with Crippen LogP contribution in [0.5, 0.6) is 0 Å². The van der Waals surface area contributed by atoms with Crippen molar-refractivity contribution in [1.82, 2.24) is 4.90 Å². The number of hydrogen-bond acceptors (Lipinski definition) is 2. The summed E-state index contributed by atoms with van der Waals surface area (Å²) in [5.74, 6) is -0.687. The number of likely N-dealkylation sites (tertiary alicyclic amines) is 1. The molecule has 0 aromatic heterocycles. The Bertz CT molecular complexity index is 356. The van der Waals surface area contributed by atoms with Gasteiger partial charge >= 0.3 is 5.97 Å². The van der Waals surface area contributed by atoms with Gasteiger partial charge in [0.05, 0.1) is 11.8 Å². The zero-order valence-electron chi connectivity index (χ0n) is 12.5. The second kappa shape index (κ2) is 7.09. The summed E-state index contributed by atoms with van der Waals surface area (Å²) in [6.07, 6.45) is 7.88. The maximum absolute atomic E-state index is 12.7. The van der Waals surface area contributed by atoms with Crippen molar-refractivity contribution in [3.8, 4) is 0 Å². The van der Waals surface area contributed by atoms with Crippen molar-refractivity contribution in [3.05, 3.63) is 0 Å². The molecule has 114 valence electrons. The Labute approximate surface area is 121 Å². The van der Waals surface area contributed by atoms with E-state index in [9.17, 15) is 14.7 Å². The largest absolute Gasteiger partial charge is 0.481 e. The molecule has 2 rings (SSSR count). The van der Waals surface area contributed by atoms with E-state index in [0.29, 0.717) is 6.42 Å². The number of aliphatic carboxylic acids is 1. The molecule has 1 amide bonds. The first kappa shape index (κ1) is 15.3. The van der Waals surface area contributed by atoms with Crippen LogP contribution in [-0.2, 0) is 9.59 Å². The lowest BCUT2D eigenvalue weighted by atomic mass is 9.78. The second-order valence-corrected chi connectivity index (χ2v) is 6.37. The van der Waals surface area contributed by atoms with Gasteiger partial charge in [-0.05, 0) is 38.0 Å². The summed E-state index contributed by atoms with van der Waals surface area (Å²) < 4.78 is 0. The molecule has 1 saturated carbocycles.